The zero-order valence-corrected chi connectivity index (χ0v) is 9.02. The van der Waals surface area contributed by atoms with Crippen LogP contribution in [0.1, 0.15) is 18.4 Å². The Morgan fingerprint density at radius 2 is 2.00 bits per heavy atom. The molecule has 0 aromatic heterocycles. The quantitative estimate of drug-likeness (QED) is 0.579. The van der Waals surface area contributed by atoms with Crippen LogP contribution in [0.5, 0.6) is 0 Å². The van der Waals surface area contributed by atoms with Crippen LogP contribution in [0.4, 0.5) is 4.39 Å². The lowest BCUT2D eigenvalue weighted by molar-refractivity contribution is 0.517. The Morgan fingerprint density at radius 3 is 2.60 bits per heavy atom. The number of amidine groups is 1. The third-order valence-electron chi connectivity index (χ3n) is 2.62. The predicted octanol–water partition coefficient (Wildman–Crippen LogP) is 2.90. The van der Waals surface area contributed by atoms with Crippen LogP contribution in [0.15, 0.2) is 18.2 Å². The van der Waals surface area contributed by atoms with Crippen LogP contribution >= 0.6 is 11.6 Å². The van der Waals surface area contributed by atoms with Gasteiger partial charge in [-0.1, -0.05) is 11.6 Å². The number of nitrogens with one attached hydrogen (secondary N) is 1. The molecule has 0 unspecified atom stereocenters. The van der Waals surface area contributed by atoms with Crippen molar-refractivity contribution in [1.82, 2.24) is 4.90 Å². The number of halogens is 2. The van der Waals surface area contributed by atoms with Crippen molar-refractivity contribution in [2.45, 2.75) is 12.8 Å². The molecule has 1 heterocycles. The van der Waals surface area contributed by atoms with Gasteiger partial charge in [0.25, 0.3) is 0 Å². The molecule has 2 rings (SSSR count). The summed E-state index contributed by atoms with van der Waals surface area (Å²) in [5, 5.41) is 8.02. The van der Waals surface area contributed by atoms with E-state index in [1.54, 1.807) is 6.07 Å². The molecular weight excluding hydrogens is 215 g/mol. The number of likely N-dealkylation sites (tertiary alicyclic amines) is 1. The van der Waals surface area contributed by atoms with E-state index in [4.69, 9.17) is 17.0 Å². The molecule has 1 aromatic carbocycles. The maximum Gasteiger partial charge on any atom is 0.141 e. The molecule has 0 saturated carbocycles. The molecule has 1 fully saturated rings. The third-order valence-corrected chi connectivity index (χ3v) is 2.90. The van der Waals surface area contributed by atoms with Crippen LogP contribution in [-0.4, -0.2) is 23.8 Å². The SMILES string of the molecule is N=C(c1ccc(F)c(Cl)c1)N1CCCC1. The van der Waals surface area contributed by atoms with Gasteiger partial charge in [-0.2, -0.15) is 0 Å². The smallest absolute Gasteiger partial charge is 0.141 e. The Hall–Kier alpha value is -1.09. The van der Waals surface area contributed by atoms with Gasteiger partial charge in [0.1, 0.15) is 11.7 Å². The van der Waals surface area contributed by atoms with Crippen LogP contribution < -0.4 is 0 Å². The van der Waals surface area contributed by atoms with Gasteiger partial charge in [-0.25, -0.2) is 4.39 Å². The van der Waals surface area contributed by atoms with Gasteiger partial charge in [-0.3, -0.25) is 5.41 Å². The molecule has 0 amide bonds. The van der Waals surface area contributed by atoms with Crippen LogP contribution in [0, 0.1) is 11.2 Å². The fraction of sp³-hybridized carbons (Fsp3) is 0.364. The van der Waals surface area contributed by atoms with Gasteiger partial charge in [0, 0.05) is 18.7 Å². The van der Waals surface area contributed by atoms with Crippen molar-refractivity contribution < 1.29 is 4.39 Å². The van der Waals surface area contributed by atoms with Crippen molar-refractivity contribution >= 4 is 17.4 Å². The van der Waals surface area contributed by atoms with E-state index >= 15 is 0 Å². The van der Waals surface area contributed by atoms with E-state index in [9.17, 15) is 4.39 Å². The van der Waals surface area contributed by atoms with Gasteiger partial charge in [-0.05, 0) is 31.0 Å². The molecule has 0 aliphatic carbocycles. The van der Waals surface area contributed by atoms with Gasteiger partial charge >= 0.3 is 0 Å². The van der Waals surface area contributed by atoms with Gasteiger partial charge in [0.15, 0.2) is 0 Å². The number of hydrogen-bond donors (Lipinski definition) is 1. The lowest BCUT2D eigenvalue weighted by atomic mass is 10.2. The largest absolute Gasteiger partial charge is 0.357 e. The monoisotopic (exact) mass is 226 g/mol. The number of rotatable bonds is 1. The molecule has 0 atom stereocenters. The lowest BCUT2D eigenvalue weighted by Gasteiger charge is -2.18. The molecule has 0 bridgehead atoms. The maximum atomic E-state index is 12.9. The second-order valence-corrected chi connectivity index (χ2v) is 4.08. The van der Waals surface area contributed by atoms with E-state index in [1.807, 2.05) is 4.90 Å². The van der Waals surface area contributed by atoms with E-state index < -0.39 is 5.82 Å². The molecule has 80 valence electrons. The topological polar surface area (TPSA) is 27.1 Å². The average molecular weight is 227 g/mol. The van der Waals surface area contributed by atoms with Crippen molar-refractivity contribution in [1.29, 1.82) is 5.41 Å². The zero-order valence-electron chi connectivity index (χ0n) is 8.26. The molecule has 1 saturated heterocycles. The highest BCUT2D eigenvalue weighted by Gasteiger charge is 2.16. The normalized spacial score (nSPS) is 15.7. The Labute approximate surface area is 93.2 Å². The number of nitrogens with zero attached hydrogens (tertiary/aromatic N) is 1. The second kappa shape index (κ2) is 4.19. The molecular formula is C11H12ClFN2. The molecule has 1 aliphatic heterocycles. The van der Waals surface area contributed by atoms with Crippen molar-refractivity contribution in [2.75, 3.05) is 13.1 Å². The van der Waals surface area contributed by atoms with E-state index in [-0.39, 0.29) is 5.02 Å². The number of benzene rings is 1. The maximum absolute atomic E-state index is 12.9. The standard InChI is InChI=1S/C11H12ClFN2/c12-9-7-8(3-4-10(9)13)11(14)15-5-1-2-6-15/h3-4,7,14H,1-2,5-6H2. The van der Waals surface area contributed by atoms with E-state index in [1.165, 1.54) is 12.1 Å². The minimum Gasteiger partial charge on any atom is -0.357 e. The van der Waals surface area contributed by atoms with Crippen molar-refractivity contribution in [3.8, 4) is 0 Å². The van der Waals surface area contributed by atoms with Crippen LogP contribution in [0.2, 0.25) is 5.02 Å². The number of hydrogen-bond acceptors (Lipinski definition) is 1. The first-order valence-electron chi connectivity index (χ1n) is 4.97. The lowest BCUT2D eigenvalue weighted by Crippen LogP contribution is -2.27. The van der Waals surface area contributed by atoms with Crippen LogP contribution in [-0.2, 0) is 0 Å². The third kappa shape index (κ3) is 2.12. The summed E-state index contributed by atoms with van der Waals surface area (Å²) in [6, 6.07) is 4.42. The summed E-state index contributed by atoms with van der Waals surface area (Å²) in [6.07, 6.45) is 2.24. The summed E-state index contributed by atoms with van der Waals surface area (Å²) in [5.41, 5.74) is 0.684. The Bertz CT molecular complexity index is 386. The summed E-state index contributed by atoms with van der Waals surface area (Å²) in [7, 11) is 0. The first-order chi connectivity index (χ1) is 7.18. The Kier molecular flexibility index (Phi) is 2.91. The fourth-order valence-electron chi connectivity index (χ4n) is 1.77. The van der Waals surface area contributed by atoms with Crippen molar-refractivity contribution in [2.24, 2.45) is 0 Å². The summed E-state index contributed by atoms with van der Waals surface area (Å²) in [6.45, 7) is 1.82. The highest BCUT2D eigenvalue weighted by molar-refractivity contribution is 6.31. The minimum absolute atomic E-state index is 0.0800. The van der Waals surface area contributed by atoms with Crippen LogP contribution in [0.25, 0.3) is 0 Å². The summed E-state index contributed by atoms with van der Waals surface area (Å²) in [4.78, 5) is 1.99. The second-order valence-electron chi connectivity index (χ2n) is 3.67. The summed E-state index contributed by atoms with van der Waals surface area (Å²) in [5.74, 6) is 0.00374. The van der Waals surface area contributed by atoms with Gasteiger partial charge < -0.3 is 4.90 Å². The molecule has 4 heteroatoms. The minimum atomic E-state index is -0.436. The van der Waals surface area contributed by atoms with Gasteiger partial charge in [0.05, 0.1) is 5.02 Å². The van der Waals surface area contributed by atoms with Crippen LogP contribution in [0.3, 0.4) is 0 Å². The zero-order chi connectivity index (χ0) is 10.8. The molecule has 15 heavy (non-hydrogen) atoms. The summed E-state index contributed by atoms with van der Waals surface area (Å²) < 4.78 is 12.9. The van der Waals surface area contributed by atoms with Crippen molar-refractivity contribution in [3.63, 3.8) is 0 Å². The molecule has 1 aliphatic rings. The average Bonchev–Trinajstić information content (AvgIpc) is 2.74. The van der Waals surface area contributed by atoms with Crippen molar-refractivity contribution in [3.05, 3.63) is 34.6 Å². The fourth-order valence-corrected chi connectivity index (χ4v) is 1.95. The summed E-state index contributed by atoms with van der Waals surface area (Å²) >= 11 is 5.67. The first kappa shape index (κ1) is 10.4. The molecule has 1 N–H and O–H groups in total. The van der Waals surface area contributed by atoms with Gasteiger partial charge in [-0.15, -0.1) is 0 Å². The Morgan fingerprint density at radius 1 is 1.33 bits per heavy atom. The van der Waals surface area contributed by atoms with E-state index in [0.29, 0.717) is 11.4 Å². The Balaban J connectivity index is 2.21. The molecule has 1 aromatic rings. The van der Waals surface area contributed by atoms with Gasteiger partial charge in [0.2, 0.25) is 0 Å². The molecule has 0 spiro atoms. The molecule has 0 radical (unpaired) electrons. The molecule has 2 nitrogen and oxygen atoms in total. The highest BCUT2D eigenvalue weighted by Crippen LogP contribution is 2.19. The highest BCUT2D eigenvalue weighted by atomic mass is 35.5. The van der Waals surface area contributed by atoms with E-state index in [2.05, 4.69) is 0 Å². The predicted molar refractivity (Wildman–Crippen MR) is 59.0 cm³/mol. The first-order valence-corrected chi connectivity index (χ1v) is 5.35. The van der Waals surface area contributed by atoms with E-state index in [0.717, 1.165) is 25.9 Å².